The lowest BCUT2D eigenvalue weighted by Gasteiger charge is -2.18. The SMILES string of the molecule is C=C(C)C(=O)OCC(O)(O)OOOC(=O)C(=C)C. The first kappa shape index (κ1) is 16.3. The Hall–Kier alpha value is -1.74. The second-order valence-electron chi connectivity index (χ2n) is 3.40. The van der Waals surface area contributed by atoms with Crippen molar-refractivity contribution in [3.8, 4) is 0 Å². The van der Waals surface area contributed by atoms with Crippen LogP contribution in [0.1, 0.15) is 13.8 Å². The van der Waals surface area contributed by atoms with Crippen LogP contribution in [0.5, 0.6) is 0 Å². The van der Waals surface area contributed by atoms with E-state index in [9.17, 15) is 9.59 Å². The van der Waals surface area contributed by atoms with Gasteiger partial charge in [0, 0.05) is 11.1 Å². The van der Waals surface area contributed by atoms with Gasteiger partial charge in [-0.25, -0.2) is 9.59 Å². The predicted molar refractivity (Wildman–Crippen MR) is 56.0 cm³/mol. The maximum atomic E-state index is 10.9. The van der Waals surface area contributed by atoms with Crippen molar-refractivity contribution in [2.24, 2.45) is 0 Å². The van der Waals surface area contributed by atoms with Crippen LogP contribution in [0.15, 0.2) is 24.3 Å². The molecular formula is C10H14O8. The van der Waals surface area contributed by atoms with Gasteiger partial charge in [-0.3, -0.25) is 4.89 Å². The van der Waals surface area contributed by atoms with Crippen molar-refractivity contribution in [1.82, 2.24) is 0 Å². The zero-order chi connectivity index (χ0) is 14.3. The first-order chi connectivity index (χ1) is 8.15. The average molecular weight is 262 g/mol. The summed E-state index contributed by atoms with van der Waals surface area (Å²) in [5, 5.41) is 22.0. The minimum atomic E-state index is -2.97. The second kappa shape index (κ2) is 6.87. The number of hydrogen-bond acceptors (Lipinski definition) is 8. The summed E-state index contributed by atoms with van der Waals surface area (Å²) in [6.07, 6.45) is 0. The van der Waals surface area contributed by atoms with Crippen LogP contribution in [-0.2, 0) is 29.1 Å². The molecule has 8 heteroatoms. The van der Waals surface area contributed by atoms with E-state index < -0.39 is 24.5 Å². The fourth-order valence-electron chi connectivity index (χ4n) is 0.480. The zero-order valence-corrected chi connectivity index (χ0v) is 9.97. The van der Waals surface area contributed by atoms with Crippen LogP contribution in [0.2, 0.25) is 0 Å². The number of aliphatic hydroxyl groups is 2. The monoisotopic (exact) mass is 262 g/mol. The molecule has 8 nitrogen and oxygen atoms in total. The van der Waals surface area contributed by atoms with Gasteiger partial charge in [-0.15, -0.1) is 4.89 Å². The molecule has 0 aromatic carbocycles. The van der Waals surface area contributed by atoms with Gasteiger partial charge in [0.25, 0.3) is 0 Å². The van der Waals surface area contributed by atoms with Gasteiger partial charge < -0.3 is 14.9 Å². The fourth-order valence-corrected chi connectivity index (χ4v) is 0.480. The topological polar surface area (TPSA) is 112 Å². The summed E-state index contributed by atoms with van der Waals surface area (Å²) >= 11 is 0. The Labute approximate surface area is 103 Å². The molecule has 0 atom stereocenters. The summed E-state index contributed by atoms with van der Waals surface area (Å²) in [6, 6.07) is 0. The lowest BCUT2D eigenvalue weighted by Crippen LogP contribution is -2.38. The molecule has 0 saturated heterocycles. The molecule has 0 spiro atoms. The lowest BCUT2D eigenvalue weighted by molar-refractivity contribution is -0.587. The van der Waals surface area contributed by atoms with Crippen molar-refractivity contribution in [1.29, 1.82) is 0 Å². The van der Waals surface area contributed by atoms with Crippen molar-refractivity contribution in [2.75, 3.05) is 6.61 Å². The fraction of sp³-hybridized carbons (Fsp3) is 0.400. The Morgan fingerprint density at radius 1 is 1.11 bits per heavy atom. The molecule has 0 radical (unpaired) electrons. The van der Waals surface area contributed by atoms with Gasteiger partial charge in [0.05, 0.1) is 0 Å². The predicted octanol–water partition coefficient (Wildman–Crippen LogP) is -0.273. The molecule has 0 rings (SSSR count). The first-order valence-corrected chi connectivity index (χ1v) is 4.65. The number of ether oxygens (including phenoxy) is 1. The van der Waals surface area contributed by atoms with E-state index in [4.69, 9.17) is 10.2 Å². The second-order valence-corrected chi connectivity index (χ2v) is 3.40. The molecule has 0 bridgehead atoms. The molecule has 0 aromatic heterocycles. The Kier molecular flexibility index (Phi) is 6.20. The molecule has 2 N–H and O–H groups in total. The van der Waals surface area contributed by atoms with Gasteiger partial charge in [-0.1, -0.05) is 13.2 Å². The van der Waals surface area contributed by atoms with Crippen molar-refractivity contribution in [2.45, 2.75) is 19.8 Å². The summed E-state index contributed by atoms with van der Waals surface area (Å²) in [7, 11) is 0. The highest BCUT2D eigenvalue weighted by Crippen LogP contribution is 2.06. The maximum absolute atomic E-state index is 10.9. The Bertz CT molecular complexity index is 357. The van der Waals surface area contributed by atoms with Gasteiger partial charge in [0.1, 0.15) is 0 Å². The standard InChI is InChI=1S/C10H14O8/c1-6(2)8(11)15-5-10(13,14)17-18-16-9(12)7(3)4/h13-14H,1,3,5H2,2,4H3. The third kappa shape index (κ3) is 6.76. The van der Waals surface area contributed by atoms with E-state index >= 15 is 0 Å². The highest BCUT2D eigenvalue weighted by molar-refractivity contribution is 5.87. The van der Waals surface area contributed by atoms with Crippen LogP contribution < -0.4 is 0 Å². The van der Waals surface area contributed by atoms with Crippen molar-refractivity contribution in [3.63, 3.8) is 0 Å². The third-order valence-electron chi connectivity index (χ3n) is 1.37. The smallest absolute Gasteiger partial charge is 0.371 e. The molecule has 0 aliphatic heterocycles. The molecule has 0 heterocycles. The Morgan fingerprint density at radius 2 is 1.61 bits per heavy atom. The minimum absolute atomic E-state index is 0.00814. The molecule has 0 unspecified atom stereocenters. The highest BCUT2D eigenvalue weighted by Gasteiger charge is 2.30. The van der Waals surface area contributed by atoms with Crippen molar-refractivity contribution in [3.05, 3.63) is 24.3 Å². The van der Waals surface area contributed by atoms with Crippen LogP contribution >= 0.6 is 0 Å². The van der Waals surface area contributed by atoms with Crippen molar-refractivity contribution >= 4 is 11.9 Å². The van der Waals surface area contributed by atoms with Gasteiger partial charge in [-0.2, -0.15) is 0 Å². The van der Waals surface area contributed by atoms with E-state index in [-0.39, 0.29) is 11.1 Å². The van der Waals surface area contributed by atoms with Crippen LogP contribution in [-0.4, -0.2) is 34.7 Å². The number of esters is 1. The van der Waals surface area contributed by atoms with E-state index in [1.165, 1.54) is 13.8 Å². The van der Waals surface area contributed by atoms with E-state index in [1.807, 2.05) is 0 Å². The molecule has 0 amide bonds. The van der Waals surface area contributed by atoms with E-state index in [0.29, 0.717) is 0 Å². The number of carbonyl (C=O) groups is 2. The van der Waals surface area contributed by atoms with E-state index in [1.54, 1.807) is 0 Å². The average Bonchev–Trinajstić information content (AvgIpc) is 2.25. The maximum Gasteiger partial charge on any atom is 0.371 e. The third-order valence-corrected chi connectivity index (χ3v) is 1.37. The Balaban J connectivity index is 4.01. The van der Waals surface area contributed by atoms with Crippen LogP contribution in [0.25, 0.3) is 0 Å². The molecule has 18 heavy (non-hydrogen) atoms. The first-order valence-electron chi connectivity index (χ1n) is 4.65. The van der Waals surface area contributed by atoms with Crippen molar-refractivity contribution < 1.29 is 39.4 Å². The normalized spacial score (nSPS) is 10.7. The van der Waals surface area contributed by atoms with Crippen LogP contribution in [0.3, 0.4) is 0 Å². The molecule has 102 valence electrons. The zero-order valence-electron chi connectivity index (χ0n) is 9.97. The number of carbonyl (C=O) groups excluding carboxylic acids is 2. The van der Waals surface area contributed by atoms with Gasteiger partial charge in [0.2, 0.25) is 0 Å². The summed E-state index contributed by atoms with van der Waals surface area (Å²) in [6.45, 7) is 8.24. The Morgan fingerprint density at radius 3 is 2.06 bits per heavy atom. The number of rotatable bonds is 7. The quantitative estimate of drug-likeness (QED) is 0.212. The van der Waals surface area contributed by atoms with Gasteiger partial charge in [-0.05, 0) is 18.9 Å². The minimum Gasteiger partial charge on any atom is -0.454 e. The molecule has 0 saturated carbocycles. The molecule has 0 aliphatic rings. The van der Waals surface area contributed by atoms with Crippen LogP contribution in [0.4, 0.5) is 0 Å². The highest BCUT2D eigenvalue weighted by atomic mass is 17.5. The summed E-state index contributed by atoms with van der Waals surface area (Å²) in [5.41, 5.74) is 0.0641. The molecular weight excluding hydrogens is 248 g/mol. The summed E-state index contributed by atoms with van der Waals surface area (Å²) < 4.78 is 4.37. The summed E-state index contributed by atoms with van der Waals surface area (Å²) in [4.78, 5) is 29.6. The molecule has 0 aromatic rings. The lowest BCUT2D eigenvalue weighted by atomic mass is 10.4. The largest absolute Gasteiger partial charge is 0.454 e. The molecule has 0 aliphatic carbocycles. The number of hydrogen-bond donors (Lipinski definition) is 2. The van der Waals surface area contributed by atoms with Crippen LogP contribution in [0, 0.1) is 0 Å². The van der Waals surface area contributed by atoms with E-state index in [0.717, 1.165) is 0 Å². The van der Waals surface area contributed by atoms with E-state index in [2.05, 4.69) is 32.7 Å². The summed E-state index contributed by atoms with van der Waals surface area (Å²) in [5.74, 6) is -4.80. The molecule has 0 fully saturated rings. The van der Waals surface area contributed by atoms with Gasteiger partial charge in [0.15, 0.2) is 6.61 Å². The van der Waals surface area contributed by atoms with Gasteiger partial charge >= 0.3 is 17.9 Å².